The second-order valence-corrected chi connectivity index (χ2v) is 6.40. The van der Waals surface area contributed by atoms with Gasteiger partial charge in [0.2, 0.25) is 0 Å². The zero-order chi connectivity index (χ0) is 19.5. The fourth-order valence-electron chi connectivity index (χ4n) is 2.68. The van der Waals surface area contributed by atoms with Crippen LogP contribution in [0.2, 0.25) is 5.02 Å². The van der Waals surface area contributed by atoms with Crippen molar-refractivity contribution in [1.82, 2.24) is 9.55 Å². The van der Waals surface area contributed by atoms with Crippen LogP contribution in [0.25, 0.3) is 11.0 Å². The van der Waals surface area contributed by atoms with Gasteiger partial charge in [0, 0.05) is 34.8 Å². The first-order valence-electron chi connectivity index (χ1n) is 8.46. The number of halogens is 1. The summed E-state index contributed by atoms with van der Waals surface area (Å²) in [6.07, 6.45) is 3.03. The number of ether oxygens (including phenoxy) is 2. The molecule has 4 rings (SSSR count). The lowest BCUT2D eigenvalue weighted by Crippen LogP contribution is -2.30. The van der Waals surface area contributed by atoms with E-state index in [-0.39, 0.29) is 13.2 Å². The third-order valence-corrected chi connectivity index (χ3v) is 4.28. The molecule has 0 unspecified atom stereocenters. The van der Waals surface area contributed by atoms with Crippen LogP contribution in [0.5, 0.6) is 17.2 Å². The molecule has 0 aliphatic heterocycles. The third-order valence-electron chi connectivity index (χ3n) is 4.05. The third kappa shape index (κ3) is 3.94. The van der Waals surface area contributed by atoms with Gasteiger partial charge in [0.25, 0.3) is 5.56 Å². The molecule has 28 heavy (non-hydrogen) atoms. The van der Waals surface area contributed by atoms with E-state index in [0.29, 0.717) is 27.9 Å². The molecule has 0 aliphatic rings. The molecular weight excluding hydrogens is 384 g/mol. The predicted octanol–water partition coefficient (Wildman–Crippen LogP) is 3.81. The summed E-state index contributed by atoms with van der Waals surface area (Å²) in [6, 6.07) is 13.7. The van der Waals surface area contributed by atoms with Crippen molar-refractivity contribution in [3.63, 3.8) is 0 Å². The highest BCUT2D eigenvalue weighted by Gasteiger charge is 2.09. The van der Waals surface area contributed by atoms with E-state index in [1.807, 2.05) is 18.2 Å². The summed E-state index contributed by atoms with van der Waals surface area (Å²) in [7, 11) is 0. The molecule has 0 fully saturated rings. The Morgan fingerprint density at radius 3 is 2.79 bits per heavy atom. The SMILES string of the molecule is O=c1ccn(CCOc2ccc(Cl)cc2Oc2ccc3ccoc3c2)c(=O)[nH]1. The van der Waals surface area contributed by atoms with Gasteiger partial charge in [0.15, 0.2) is 11.5 Å². The number of rotatable bonds is 6. The molecule has 0 atom stereocenters. The molecule has 0 bridgehead atoms. The van der Waals surface area contributed by atoms with Gasteiger partial charge in [-0.1, -0.05) is 11.6 Å². The van der Waals surface area contributed by atoms with Gasteiger partial charge < -0.3 is 13.9 Å². The number of hydrogen-bond acceptors (Lipinski definition) is 5. The first-order valence-corrected chi connectivity index (χ1v) is 8.83. The lowest BCUT2D eigenvalue weighted by molar-refractivity contribution is 0.283. The van der Waals surface area contributed by atoms with Crippen molar-refractivity contribution in [2.45, 2.75) is 6.54 Å². The van der Waals surface area contributed by atoms with E-state index < -0.39 is 11.2 Å². The zero-order valence-electron chi connectivity index (χ0n) is 14.6. The molecule has 0 amide bonds. The monoisotopic (exact) mass is 398 g/mol. The Hall–Kier alpha value is -3.45. The Labute approximate surface area is 163 Å². The fourth-order valence-corrected chi connectivity index (χ4v) is 2.84. The number of nitrogens with one attached hydrogen (secondary N) is 1. The largest absolute Gasteiger partial charge is 0.488 e. The maximum atomic E-state index is 11.7. The van der Waals surface area contributed by atoms with E-state index in [1.165, 1.54) is 16.8 Å². The lowest BCUT2D eigenvalue weighted by Gasteiger charge is -2.13. The Bertz CT molecular complexity index is 1240. The highest BCUT2D eigenvalue weighted by Crippen LogP contribution is 2.35. The molecule has 2 heterocycles. The van der Waals surface area contributed by atoms with E-state index in [4.69, 9.17) is 25.5 Å². The predicted molar refractivity (Wildman–Crippen MR) is 105 cm³/mol. The smallest absolute Gasteiger partial charge is 0.328 e. The first-order chi connectivity index (χ1) is 13.6. The topological polar surface area (TPSA) is 86.5 Å². The van der Waals surface area contributed by atoms with Gasteiger partial charge >= 0.3 is 5.69 Å². The second-order valence-electron chi connectivity index (χ2n) is 5.97. The quantitative estimate of drug-likeness (QED) is 0.533. The molecule has 8 heteroatoms. The van der Waals surface area contributed by atoms with Crippen molar-refractivity contribution < 1.29 is 13.9 Å². The number of aromatic amines is 1. The van der Waals surface area contributed by atoms with Gasteiger partial charge in [-0.25, -0.2) is 4.79 Å². The van der Waals surface area contributed by atoms with Crippen LogP contribution >= 0.6 is 11.6 Å². The van der Waals surface area contributed by atoms with Crippen LogP contribution in [0, 0.1) is 0 Å². The van der Waals surface area contributed by atoms with E-state index in [9.17, 15) is 9.59 Å². The summed E-state index contributed by atoms with van der Waals surface area (Å²) in [4.78, 5) is 25.0. The number of H-pyrrole nitrogens is 1. The van der Waals surface area contributed by atoms with Gasteiger partial charge in [-0.2, -0.15) is 0 Å². The molecule has 142 valence electrons. The second kappa shape index (κ2) is 7.66. The van der Waals surface area contributed by atoms with Crippen LogP contribution < -0.4 is 20.7 Å². The highest BCUT2D eigenvalue weighted by atomic mass is 35.5. The molecule has 0 aliphatic carbocycles. The molecule has 7 nitrogen and oxygen atoms in total. The number of hydrogen-bond donors (Lipinski definition) is 1. The first kappa shape index (κ1) is 17.9. The van der Waals surface area contributed by atoms with Crippen molar-refractivity contribution in [1.29, 1.82) is 0 Å². The summed E-state index contributed by atoms with van der Waals surface area (Å²) in [6.45, 7) is 0.456. The Morgan fingerprint density at radius 2 is 1.93 bits per heavy atom. The fraction of sp³-hybridized carbons (Fsp3) is 0.100. The van der Waals surface area contributed by atoms with Gasteiger partial charge in [0.05, 0.1) is 12.8 Å². The molecule has 2 aromatic heterocycles. The normalized spacial score (nSPS) is 10.9. The molecule has 2 aromatic carbocycles. The average molecular weight is 399 g/mol. The minimum absolute atomic E-state index is 0.196. The van der Waals surface area contributed by atoms with Crippen LogP contribution in [0.4, 0.5) is 0 Å². The van der Waals surface area contributed by atoms with Crippen molar-refractivity contribution in [3.8, 4) is 17.2 Å². The molecule has 1 N–H and O–H groups in total. The number of nitrogens with zero attached hydrogens (tertiary/aromatic N) is 1. The van der Waals surface area contributed by atoms with Crippen molar-refractivity contribution in [2.24, 2.45) is 0 Å². The maximum Gasteiger partial charge on any atom is 0.328 e. The van der Waals surface area contributed by atoms with Gasteiger partial charge in [0.1, 0.15) is 17.9 Å². The summed E-state index contributed by atoms with van der Waals surface area (Å²) in [5, 5.41) is 1.47. The molecule has 4 aromatic rings. The minimum atomic E-state index is -0.490. The number of aromatic nitrogens is 2. The lowest BCUT2D eigenvalue weighted by atomic mass is 10.2. The molecule has 0 spiro atoms. The Balaban J connectivity index is 1.51. The van der Waals surface area contributed by atoms with E-state index in [2.05, 4.69) is 4.98 Å². The standard InChI is InChI=1S/C20H15ClN2O5/c21-14-2-4-16(27-10-8-23-7-5-19(24)22-20(23)25)18(11-14)28-15-3-1-13-6-9-26-17(13)12-15/h1-7,9,11-12H,8,10H2,(H,22,24,25). The summed E-state index contributed by atoms with van der Waals surface area (Å²) >= 11 is 6.09. The van der Waals surface area contributed by atoms with Gasteiger partial charge in [-0.3, -0.25) is 14.3 Å². The Morgan fingerprint density at radius 1 is 1.04 bits per heavy atom. The number of furan rings is 1. The van der Waals surface area contributed by atoms with Gasteiger partial charge in [-0.15, -0.1) is 0 Å². The summed E-state index contributed by atoms with van der Waals surface area (Å²) in [5.74, 6) is 1.49. The highest BCUT2D eigenvalue weighted by molar-refractivity contribution is 6.30. The zero-order valence-corrected chi connectivity index (χ0v) is 15.3. The van der Waals surface area contributed by atoms with Crippen LogP contribution in [0.15, 0.2) is 75.0 Å². The molecule has 0 radical (unpaired) electrons. The summed E-state index contributed by atoms with van der Waals surface area (Å²) < 4.78 is 18.4. The van der Waals surface area contributed by atoms with Crippen LogP contribution in [-0.4, -0.2) is 16.2 Å². The number of fused-ring (bicyclic) bond motifs is 1. The van der Waals surface area contributed by atoms with Crippen LogP contribution in [0.1, 0.15) is 0 Å². The van der Waals surface area contributed by atoms with Crippen LogP contribution in [-0.2, 0) is 6.54 Å². The minimum Gasteiger partial charge on any atom is -0.488 e. The Kier molecular flexibility index (Phi) is 4.90. The molecular formula is C20H15ClN2O5. The average Bonchev–Trinajstić information content (AvgIpc) is 3.13. The van der Waals surface area contributed by atoms with Crippen LogP contribution in [0.3, 0.4) is 0 Å². The number of benzene rings is 2. The molecule has 0 saturated heterocycles. The van der Waals surface area contributed by atoms with Gasteiger partial charge in [-0.05, 0) is 30.3 Å². The van der Waals surface area contributed by atoms with E-state index in [0.717, 1.165) is 5.39 Å². The summed E-state index contributed by atoms with van der Waals surface area (Å²) in [5.41, 5.74) is -0.223. The van der Waals surface area contributed by atoms with Crippen molar-refractivity contribution in [3.05, 3.63) is 86.9 Å². The maximum absolute atomic E-state index is 11.7. The van der Waals surface area contributed by atoms with Crippen molar-refractivity contribution in [2.75, 3.05) is 6.61 Å². The molecule has 0 saturated carbocycles. The van der Waals surface area contributed by atoms with E-state index >= 15 is 0 Å². The van der Waals surface area contributed by atoms with Crippen molar-refractivity contribution >= 4 is 22.6 Å². The van der Waals surface area contributed by atoms with E-state index in [1.54, 1.807) is 30.5 Å².